The molecule has 0 spiro atoms. The molecule has 0 bridgehead atoms. The second-order valence-electron chi connectivity index (χ2n) is 12.6. The fourth-order valence-electron chi connectivity index (χ4n) is 6.44. The molecule has 0 saturated heterocycles. The van der Waals surface area contributed by atoms with Gasteiger partial charge in [-0.3, -0.25) is 0 Å². The van der Waals surface area contributed by atoms with Crippen molar-refractivity contribution >= 4 is 12.4 Å². The second kappa shape index (κ2) is 26.5. The van der Waals surface area contributed by atoms with Crippen LogP contribution in [-0.4, -0.2) is 26.3 Å². The highest BCUT2D eigenvalue weighted by Gasteiger charge is 2.32. The van der Waals surface area contributed by atoms with E-state index in [4.69, 9.17) is 9.47 Å². The van der Waals surface area contributed by atoms with Gasteiger partial charge >= 0.3 is 0 Å². The number of azo groups is 1. The lowest BCUT2D eigenvalue weighted by molar-refractivity contribution is 0.337. The van der Waals surface area contributed by atoms with E-state index in [1.54, 1.807) is 7.05 Å². The van der Waals surface area contributed by atoms with Gasteiger partial charge in [-0.25, -0.2) is 0 Å². The Morgan fingerprint density at radius 2 is 1.24 bits per heavy atom. The summed E-state index contributed by atoms with van der Waals surface area (Å²) in [5.74, 6) is 1.77. The SMILES string of the molecule is CCCCCCCCCCCCCCCC(C#N)(CCCC(CCc1cccc(OCC)c1)N=NC)c1cccc(OCC)c1.Cl. The summed E-state index contributed by atoms with van der Waals surface area (Å²) in [6, 6.07) is 19.6. The van der Waals surface area contributed by atoms with Crippen LogP contribution in [0.5, 0.6) is 11.5 Å². The molecule has 0 fully saturated rings. The molecule has 0 aliphatic heterocycles. The van der Waals surface area contributed by atoms with Gasteiger partial charge in [0.15, 0.2) is 0 Å². The van der Waals surface area contributed by atoms with Crippen LogP contribution in [0.4, 0.5) is 0 Å². The Labute approximate surface area is 288 Å². The van der Waals surface area contributed by atoms with Crippen LogP contribution in [0.15, 0.2) is 58.8 Å². The van der Waals surface area contributed by atoms with E-state index >= 15 is 0 Å². The molecular formula is C40H64ClN3O2. The summed E-state index contributed by atoms with van der Waals surface area (Å²) < 4.78 is 11.5. The normalized spacial score (nSPS) is 13.1. The highest BCUT2D eigenvalue weighted by atomic mass is 35.5. The molecule has 5 nitrogen and oxygen atoms in total. The topological polar surface area (TPSA) is 67.0 Å². The lowest BCUT2D eigenvalue weighted by Gasteiger charge is -2.28. The average molecular weight is 654 g/mol. The molecule has 2 aromatic carbocycles. The fourth-order valence-corrected chi connectivity index (χ4v) is 6.44. The number of halogens is 1. The van der Waals surface area contributed by atoms with E-state index in [0.717, 1.165) is 62.0 Å². The van der Waals surface area contributed by atoms with Gasteiger partial charge in [0, 0.05) is 7.05 Å². The van der Waals surface area contributed by atoms with E-state index in [9.17, 15) is 5.26 Å². The van der Waals surface area contributed by atoms with Gasteiger partial charge < -0.3 is 9.47 Å². The zero-order chi connectivity index (χ0) is 32.4. The standard InChI is InChI=1S/C40H63N3O2.ClH/c1-5-8-9-10-11-12-13-14-15-16-17-18-19-30-40(34-41,36-24-21-27-39(33-36)45-7-3)31-22-25-37(43-42-4)29-28-35-23-20-26-38(32-35)44-6-2;/h20-21,23-24,26-27,32-33,37H,5-19,22,25,28-31H2,1-4H3;1H. The minimum absolute atomic E-state index is 0. The molecule has 0 amide bonds. The minimum Gasteiger partial charge on any atom is -0.494 e. The molecule has 0 N–H and O–H groups in total. The lowest BCUT2D eigenvalue weighted by atomic mass is 9.73. The number of benzene rings is 2. The van der Waals surface area contributed by atoms with Crippen molar-refractivity contribution in [2.75, 3.05) is 20.3 Å². The van der Waals surface area contributed by atoms with Crippen LogP contribution >= 0.6 is 12.4 Å². The van der Waals surface area contributed by atoms with Crippen molar-refractivity contribution in [3.05, 3.63) is 59.7 Å². The van der Waals surface area contributed by atoms with E-state index < -0.39 is 5.41 Å². The van der Waals surface area contributed by atoms with Crippen LogP contribution in [0.3, 0.4) is 0 Å². The molecule has 2 atom stereocenters. The molecule has 0 aromatic heterocycles. The summed E-state index contributed by atoms with van der Waals surface area (Å²) in [7, 11) is 1.76. The molecule has 0 aliphatic rings. The van der Waals surface area contributed by atoms with Crippen LogP contribution in [0.25, 0.3) is 0 Å². The number of aryl methyl sites for hydroxylation is 1. The van der Waals surface area contributed by atoms with Gasteiger partial charge in [0.05, 0.1) is 30.7 Å². The number of nitrogens with zero attached hydrogens (tertiary/aromatic N) is 3. The maximum Gasteiger partial charge on any atom is 0.119 e. The van der Waals surface area contributed by atoms with Crippen molar-refractivity contribution in [3.8, 4) is 17.6 Å². The highest BCUT2D eigenvalue weighted by Crippen LogP contribution is 2.37. The van der Waals surface area contributed by atoms with Crippen LogP contribution in [-0.2, 0) is 11.8 Å². The van der Waals surface area contributed by atoms with E-state index in [0.29, 0.717) is 13.2 Å². The Balaban J connectivity index is 0.0000106. The molecule has 2 rings (SSSR count). The maximum atomic E-state index is 10.7. The Kier molecular flexibility index (Phi) is 23.9. The molecule has 0 aliphatic carbocycles. The first-order chi connectivity index (χ1) is 22.1. The molecule has 0 saturated carbocycles. The third kappa shape index (κ3) is 16.8. The summed E-state index contributed by atoms with van der Waals surface area (Å²) in [6.45, 7) is 7.60. The van der Waals surface area contributed by atoms with Gasteiger partial charge in [0.25, 0.3) is 0 Å². The Morgan fingerprint density at radius 1 is 0.696 bits per heavy atom. The first kappa shape index (κ1) is 41.4. The molecule has 2 aromatic rings. The summed E-state index contributed by atoms with van der Waals surface area (Å²) in [5.41, 5.74) is 1.85. The van der Waals surface area contributed by atoms with E-state index in [2.05, 4.69) is 53.6 Å². The van der Waals surface area contributed by atoms with E-state index in [-0.39, 0.29) is 18.4 Å². The van der Waals surface area contributed by atoms with E-state index in [1.165, 1.54) is 82.6 Å². The number of nitriles is 1. The van der Waals surface area contributed by atoms with Gasteiger partial charge in [-0.15, -0.1) is 12.4 Å². The van der Waals surface area contributed by atoms with Crippen LogP contribution in [0.2, 0.25) is 0 Å². The van der Waals surface area contributed by atoms with Crippen molar-refractivity contribution in [2.45, 2.75) is 154 Å². The summed E-state index contributed by atoms with van der Waals surface area (Å²) in [5, 5.41) is 19.4. The molecule has 258 valence electrons. The van der Waals surface area contributed by atoms with Crippen LogP contribution in [0.1, 0.15) is 147 Å². The third-order valence-corrected chi connectivity index (χ3v) is 9.01. The van der Waals surface area contributed by atoms with Gasteiger partial charge in [-0.2, -0.15) is 15.5 Å². The predicted octanol–water partition coefficient (Wildman–Crippen LogP) is 12.4. The molecule has 6 heteroatoms. The van der Waals surface area contributed by atoms with Gasteiger partial charge in [0.2, 0.25) is 0 Å². The van der Waals surface area contributed by atoms with Crippen LogP contribution < -0.4 is 9.47 Å². The Morgan fingerprint density at radius 3 is 1.80 bits per heavy atom. The fraction of sp³-hybridized carbons (Fsp3) is 0.675. The second-order valence-corrected chi connectivity index (χ2v) is 12.6. The summed E-state index contributed by atoms with van der Waals surface area (Å²) in [4.78, 5) is 0. The molecule has 2 unspecified atom stereocenters. The highest BCUT2D eigenvalue weighted by molar-refractivity contribution is 5.85. The van der Waals surface area contributed by atoms with E-state index in [1.807, 2.05) is 32.0 Å². The largest absolute Gasteiger partial charge is 0.494 e. The lowest BCUT2D eigenvalue weighted by Crippen LogP contribution is -2.25. The zero-order valence-electron chi connectivity index (χ0n) is 29.6. The smallest absolute Gasteiger partial charge is 0.119 e. The number of unbranched alkanes of at least 4 members (excludes halogenated alkanes) is 12. The molecular weight excluding hydrogens is 590 g/mol. The maximum absolute atomic E-state index is 10.7. The summed E-state index contributed by atoms with van der Waals surface area (Å²) in [6.07, 6.45) is 22.7. The Bertz CT molecular complexity index is 1100. The number of rotatable bonds is 27. The number of hydrogen-bond donors (Lipinski definition) is 0. The van der Waals surface area contributed by atoms with Crippen molar-refractivity contribution in [1.82, 2.24) is 0 Å². The van der Waals surface area contributed by atoms with Gasteiger partial charge in [-0.05, 0) is 87.8 Å². The monoisotopic (exact) mass is 653 g/mol. The minimum atomic E-state index is -0.509. The third-order valence-electron chi connectivity index (χ3n) is 9.01. The van der Waals surface area contributed by atoms with Crippen molar-refractivity contribution in [1.29, 1.82) is 5.26 Å². The quantitative estimate of drug-likeness (QED) is 0.0711. The average Bonchev–Trinajstić information content (AvgIpc) is 3.05. The predicted molar refractivity (Wildman–Crippen MR) is 197 cm³/mol. The van der Waals surface area contributed by atoms with Crippen molar-refractivity contribution < 1.29 is 9.47 Å². The van der Waals surface area contributed by atoms with Crippen LogP contribution in [0, 0.1) is 11.3 Å². The van der Waals surface area contributed by atoms with Crippen molar-refractivity contribution in [3.63, 3.8) is 0 Å². The van der Waals surface area contributed by atoms with Crippen molar-refractivity contribution in [2.24, 2.45) is 10.2 Å². The zero-order valence-corrected chi connectivity index (χ0v) is 30.4. The number of hydrogen-bond acceptors (Lipinski definition) is 5. The molecule has 46 heavy (non-hydrogen) atoms. The molecule has 0 radical (unpaired) electrons. The first-order valence-corrected chi connectivity index (χ1v) is 18.3. The first-order valence-electron chi connectivity index (χ1n) is 18.3. The molecule has 0 heterocycles. The Hall–Kier alpha value is -2.58. The van der Waals surface area contributed by atoms with Gasteiger partial charge in [0.1, 0.15) is 11.5 Å². The summed E-state index contributed by atoms with van der Waals surface area (Å²) >= 11 is 0. The van der Waals surface area contributed by atoms with Gasteiger partial charge in [-0.1, -0.05) is 115 Å². The number of ether oxygens (including phenoxy) is 2.